The fourth-order valence-electron chi connectivity index (χ4n) is 4.41. The molecule has 0 bridgehead atoms. The highest BCUT2D eigenvalue weighted by molar-refractivity contribution is 6.08. The second-order valence-corrected chi connectivity index (χ2v) is 7.91. The number of hydrogen-bond acceptors (Lipinski definition) is 6. The zero-order chi connectivity index (χ0) is 23.8. The lowest BCUT2D eigenvalue weighted by molar-refractivity contribution is -0.385. The van der Waals surface area contributed by atoms with Gasteiger partial charge in [0.25, 0.3) is 11.6 Å². The summed E-state index contributed by atoms with van der Waals surface area (Å²) in [6.45, 7) is 1.72. The summed E-state index contributed by atoms with van der Waals surface area (Å²) in [6.07, 6.45) is 0. The summed E-state index contributed by atoms with van der Waals surface area (Å²) in [7, 11) is 0. The van der Waals surface area contributed by atoms with E-state index in [0.717, 1.165) is 0 Å². The van der Waals surface area contributed by atoms with Crippen LogP contribution in [0.3, 0.4) is 0 Å². The number of allylic oxidation sites excluding steroid dienone is 1. The minimum atomic E-state index is -1.01. The molecule has 8 heteroatoms. The van der Waals surface area contributed by atoms with Crippen molar-refractivity contribution in [2.24, 2.45) is 0 Å². The third-order valence-electron chi connectivity index (χ3n) is 5.86. The molecule has 168 valence electrons. The first kappa shape index (κ1) is 21.1. The Bertz CT molecular complexity index is 1540. The van der Waals surface area contributed by atoms with E-state index in [2.05, 4.69) is 10.6 Å². The van der Waals surface area contributed by atoms with Crippen LogP contribution in [0.15, 0.2) is 99.3 Å². The summed E-state index contributed by atoms with van der Waals surface area (Å²) < 4.78 is 5.57. The fraction of sp³-hybridized carbons (Fsp3) is 0.0769. The molecule has 2 N–H and O–H groups in total. The van der Waals surface area contributed by atoms with Crippen LogP contribution < -0.4 is 16.3 Å². The van der Waals surface area contributed by atoms with Crippen molar-refractivity contribution in [1.29, 1.82) is 0 Å². The van der Waals surface area contributed by atoms with Crippen LogP contribution in [0.1, 0.15) is 24.0 Å². The Labute approximate surface area is 193 Å². The number of nitro groups is 1. The Morgan fingerprint density at radius 2 is 1.68 bits per heavy atom. The first-order valence-electron chi connectivity index (χ1n) is 10.6. The lowest BCUT2D eigenvalue weighted by atomic mass is 9.79. The molecule has 8 nitrogen and oxygen atoms in total. The van der Waals surface area contributed by atoms with E-state index in [0.29, 0.717) is 28.0 Å². The Balaban J connectivity index is 1.78. The molecule has 1 aliphatic heterocycles. The summed E-state index contributed by atoms with van der Waals surface area (Å²) in [5.74, 6) is -1.49. The van der Waals surface area contributed by atoms with Crippen LogP contribution in [0.2, 0.25) is 0 Å². The normalized spacial score (nSPS) is 14.9. The molecule has 0 spiro atoms. The lowest BCUT2D eigenvalue weighted by Crippen LogP contribution is -2.31. The van der Waals surface area contributed by atoms with Gasteiger partial charge < -0.3 is 15.1 Å². The molecule has 0 saturated heterocycles. The summed E-state index contributed by atoms with van der Waals surface area (Å²) >= 11 is 0. The number of amides is 1. The van der Waals surface area contributed by atoms with E-state index in [1.807, 2.05) is 6.07 Å². The molecule has 1 aromatic heterocycles. The maximum absolute atomic E-state index is 13.5. The second kappa shape index (κ2) is 8.32. The summed E-state index contributed by atoms with van der Waals surface area (Å²) in [5, 5.41) is 18.6. The van der Waals surface area contributed by atoms with Crippen molar-refractivity contribution in [1.82, 2.24) is 0 Å². The minimum absolute atomic E-state index is 0.150. The number of anilines is 2. The molecule has 0 fully saturated rings. The molecule has 1 atom stereocenters. The average Bonchev–Trinajstić information content (AvgIpc) is 2.84. The van der Waals surface area contributed by atoms with Crippen LogP contribution in [0.4, 0.5) is 17.1 Å². The van der Waals surface area contributed by atoms with E-state index in [9.17, 15) is 19.7 Å². The number of benzene rings is 3. The number of rotatable bonds is 4. The van der Waals surface area contributed by atoms with Gasteiger partial charge in [-0.3, -0.25) is 14.9 Å². The van der Waals surface area contributed by atoms with Crippen molar-refractivity contribution in [2.45, 2.75) is 12.8 Å². The topological polar surface area (TPSA) is 114 Å². The van der Waals surface area contributed by atoms with E-state index in [-0.39, 0.29) is 22.4 Å². The number of hydrogen-bond donors (Lipinski definition) is 2. The molecule has 5 rings (SSSR count). The van der Waals surface area contributed by atoms with Crippen LogP contribution in [0.5, 0.6) is 0 Å². The first-order chi connectivity index (χ1) is 16.5. The molecule has 1 aliphatic rings. The molecule has 0 aliphatic carbocycles. The van der Waals surface area contributed by atoms with Gasteiger partial charge in [0.05, 0.1) is 22.1 Å². The number of nitro benzene ring substituents is 1. The molecule has 1 unspecified atom stereocenters. The Morgan fingerprint density at radius 3 is 2.44 bits per heavy atom. The van der Waals surface area contributed by atoms with Gasteiger partial charge in [0.2, 0.25) is 0 Å². The minimum Gasteiger partial charge on any atom is -0.422 e. The van der Waals surface area contributed by atoms with Gasteiger partial charge in [-0.2, -0.15) is 0 Å². The molecule has 4 aromatic rings. The molecule has 34 heavy (non-hydrogen) atoms. The van der Waals surface area contributed by atoms with E-state index in [1.165, 1.54) is 6.07 Å². The van der Waals surface area contributed by atoms with Crippen molar-refractivity contribution in [3.8, 4) is 0 Å². The predicted octanol–water partition coefficient (Wildman–Crippen LogP) is 5.17. The van der Waals surface area contributed by atoms with Crippen molar-refractivity contribution < 1.29 is 14.1 Å². The van der Waals surface area contributed by atoms with Crippen LogP contribution in [-0.4, -0.2) is 10.8 Å². The molecular weight excluding hydrogens is 434 g/mol. The van der Waals surface area contributed by atoms with Gasteiger partial charge in [-0.15, -0.1) is 0 Å². The standard InChI is InChI=1S/C26H19N3O5/c1-15-21(25(30)28-16-9-3-2-4-10-16)22(17-11-5-7-13-19(17)29(32)33)23-24(27-15)18-12-6-8-14-20(18)34-26(23)31/h2-14,22,27H,1H3,(H,28,30). The summed E-state index contributed by atoms with van der Waals surface area (Å²) in [6, 6.07) is 22.0. The fourth-order valence-corrected chi connectivity index (χ4v) is 4.41. The van der Waals surface area contributed by atoms with Crippen molar-refractivity contribution in [3.05, 3.63) is 122 Å². The van der Waals surface area contributed by atoms with Gasteiger partial charge in [-0.1, -0.05) is 48.5 Å². The summed E-state index contributed by atoms with van der Waals surface area (Å²) in [4.78, 5) is 38.1. The van der Waals surface area contributed by atoms with E-state index < -0.39 is 22.4 Å². The van der Waals surface area contributed by atoms with Crippen molar-refractivity contribution in [2.75, 3.05) is 10.6 Å². The van der Waals surface area contributed by atoms with Gasteiger partial charge >= 0.3 is 5.63 Å². The highest BCUT2D eigenvalue weighted by Gasteiger charge is 2.39. The van der Waals surface area contributed by atoms with Crippen molar-refractivity contribution >= 4 is 33.9 Å². The first-order valence-corrected chi connectivity index (χ1v) is 10.6. The third kappa shape index (κ3) is 3.51. The van der Waals surface area contributed by atoms with Gasteiger partial charge in [0, 0.05) is 34.0 Å². The largest absolute Gasteiger partial charge is 0.422 e. The molecule has 2 heterocycles. The Kier molecular flexibility index (Phi) is 5.18. The monoisotopic (exact) mass is 453 g/mol. The number of carbonyl (C=O) groups is 1. The molecular formula is C26H19N3O5. The van der Waals surface area contributed by atoms with Gasteiger partial charge in [-0.25, -0.2) is 4.79 Å². The average molecular weight is 453 g/mol. The number of carbonyl (C=O) groups excluding carboxylic acids is 1. The summed E-state index contributed by atoms with van der Waals surface area (Å²) in [5.41, 5.74) is 1.63. The quantitative estimate of drug-likeness (QED) is 0.250. The van der Waals surface area contributed by atoms with Gasteiger partial charge in [0.15, 0.2) is 0 Å². The highest BCUT2D eigenvalue weighted by Crippen LogP contribution is 2.45. The number of nitrogens with zero attached hydrogens (tertiary/aromatic N) is 1. The lowest BCUT2D eigenvalue weighted by Gasteiger charge is -2.30. The van der Waals surface area contributed by atoms with Crippen LogP contribution >= 0.6 is 0 Å². The third-order valence-corrected chi connectivity index (χ3v) is 5.86. The predicted molar refractivity (Wildman–Crippen MR) is 129 cm³/mol. The highest BCUT2D eigenvalue weighted by atomic mass is 16.6. The van der Waals surface area contributed by atoms with Crippen LogP contribution in [0.25, 0.3) is 11.0 Å². The molecule has 0 saturated carbocycles. The zero-order valence-electron chi connectivity index (χ0n) is 18.1. The maximum atomic E-state index is 13.5. The molecule has 0 radical (unpaired) electrons. The van der Waals surface area contributed by atoms with Crippen LogP contribution in [-0.2, 0) is 4.79 Å². The van der Waals surface area contributed by atoms with E-state index >= 15 is 0 Å². The van der Waals surface area contributed by atoms with Crippen molar-refractivity contribution in [3.63, 3.8) is 0 Å². The smallest absolute Gasteiger partial charge is 0.342 e. The Morgan fingerprint density at radius 1 is 1.00 bits per heavy atom. The van der Waals surface area contributed by atoms with Crippen LogP contribution in [0, 0.1) is 10.1 Å². The zero-order valence-corrected chi connectivity index (χ0v) is 18.1. The SMILES string of the molecule is CC1=C(C(=O)Nc2ccccc2)C(c2ccccc2[N+](=O)[O-])c2c(c3ccccc3oc2=O)N1. The molecule has 1 amide bonds. The number of para-hydroxylation sites is 3. The van der Waals surface area contributed by atoms with E-state index in [1.54, 1.807) is 73.7 Å². The van der Waals surface area contributed by atoms with E-state index in [4.69, 9.17) is 4.42 Å². The Hall–Kier alpha value is -4.72. The maximum Gasteiger partial charge on any atom is 0.342 e. The molecule has 3 aromatic carbocycles. The number of nitrogens with one attached hydrogen (secondary N) is 2. The second-order valence-electron chi connectivity index (χ2n) is 7.91. The van der Waals surface area contributed by atoms with Gasteiger partial charge in [-0.05, 0) is 31.2 Å². The van der Waals surface area contributed by atoms with Gasteiger partial charge in [0.1, 0.15) is 5.58 Å². The number of fused-ring (bicyclic) bond motifs is 3.